The summed E-state index contributed by atoms with van der Waals surface area (Å²) in [5.41, 5.74) is 0.900. The van der Waals surface area contributed by atoms with Crippen molar-refractivity contribution in [2.45, 2.75) is 33.6 Å². The minimum Gasteiger partial charge on any atom is -0.215 e. The van der Waals surface area contributed by atoms with Gasteiger partial charge in [-0.25, -0.2) is 13.1 Å². The lowest BCUT2D eigenvalue weighted by molar-refractivity contribution is 0.319. The Morgan fingerprint density at radius 1 is 1.26 bits per heavy atom. The second-order valence-electron chi connectivity index (χ2n) is 5.69. The molecule has 1 rings (SSSR count). The van der Waals surface area contributed by atoms with Crippen LogP contribution in [0.15, 0.2) is 24.3 Å². The molecule has 1 unspecified atom stereocenters. The third-order valence-corrected chi connectivity index (χ3v) is 4.92. The van der Waals surface area contributed by atoms with E-state index in [1.165, 1.54) is 0 Å². The maximum absolute atomic E-state index is 11.6. The van der Waals surface area contributed by atoms with Gasteiger partial charge in [0.15, 0.2) is 0 Å². The van der Waals surface area contributed by atoms with E-state index in [0.29, 0.717) is 11.6 Å². The minimum atomic E-state index is -3.19. The lowest BCUT2D eigenvalue weighted by Gasteiger charge is -2.32. The van der Waals surface area contributed by atoms with E-state index in [2.05, 4.69) is 25.5 Å². The van der Waals surface area contributed by atoms with Crippen molar-refractivity contribution in [3.63, 3.8) is 0 Å². The van der Waals surface area contributed by atoms with Crippen molar-refractivity contribution in [3.8, 4) is 0 Å². The van der Waals surface area contributed by atoms with Gasteiger partial charge in [-0.2, -0.15) is 0 Å². The zero-order valence-electron chi connectivity index (χ0n) is 11.9. The van der Waals surface area contributed by atoms with Gasteiger partial charge in [0.05, 0.1) is 5.75 Å². The number of halogens is 1. The molecule has 0 saturated heterocycles. The maximum atomic E-state index is 11.6. The molecule has 0 fully saturated rings. The van der Waals surface area contributed by atoms with E-state index in [4.69, 9.17) is 11.6 Å². The zero-order valence-corrected chi connectivity index (χ0v) is 13.5. The molecule has 0 spiro atoms. The van der Waals surface area contributed by atoms with E-state index in [-0.39, 0.29) is 17.1 Å². The molecule has 0 bridgehead atoms. The molecule has 1 aromatic carbocycles. The van der Waals surface area contributed by atoms with E-state index in [0.717, 1.165) is 5.56 Å². The fourth-order valence-electron chi connectivity index (χ4n) is 1.95. The highest BCUT2D eigenvalue weighted by atomic mass is 35.5. The number of sulfonamides is 1. The SMILES string of the molecule is CCS(=O)(=O)NCC(c1ccccc1Cl)C(C)(C)C. The van der Waals surface area contributed by atoms with E-state index >= 15 is 0 Å². The van der Waals surface area contributed by atoms with Crippen LogP contribution < -0.4 is 4.72 Å². The average molecular weight is 304 g/mol. The van der Waals surface area contributed by atoms with Crippen molar-refractivity contribution in [2.24, 2.45) is 5.41 Å². The standard InChI is InChI=1S/C14H22ClNO2S/c1-5-19(17,18)16-10-12(14(2,3)4)11-8-6-7-9-13(11)15/h6-9,12,16H,5,10H2,1-4H3. The Morgan fingerprint density at radius 3 is 2.32 bits per heavy atom. The lowest BCUT2D eigenvalue weighted by atomic mass is 9.76. The Bertz CT molecular complexity index is 520. The highest BCUT2D eigenvalue weighted by Gasteiger charge is 2.28. The number of benzene rings is 1. The van der Waals surface area contributed by atoms with Crippen molar-refractivity contribution in [3.05, 3.63) is 34.9 Å². The molecule has 0 aromatic heterocycles. The Hall–Kier alpha value is -0.580. The summed E-state index contributed by atoms with van der Waals surface area (Å²) in [4.78, 5) is 0. The molecule has 1 atom stereocenters. The van der Waals surface area contributed by atoms with Crippen LogP contribution in [0.2, 0.25) is 5.02 Å². The summed E-state index contributed by atoms with van der Waals surface area (Å²) in [5, 5.41) is 0.679. The predicted octanol–water partition coefficient (Wildman–Crippen LogP) is 3.41. The Balaban J connectivity index is 3.02. The fourth-order valence-corrected chi connectivity index (χ4v) is 2.84. The van der Waals surface area contributed by atoms with Gasteiger partial charge in [-0.15, -0.1) is 0 Å². The van der Waals surface area contributed by atoms with Gasteiger partial charge >= 0.3 is 0 Å². The molecule has 108 valence electrons. The first-order valence-corrected chi connectivity index (χ1v) is 8.42. The Morgan fingerprint density at radius 2 is 1.84 bits per heavy atom. The first kappa shape index (κ1) is 16.5. The highest BCUT2D eigenvalue weighted by molar-refractivity contribution is 7.89. The van der Waals surface area contributed by atoms with Gasteiger partial charge in [0, 0.05) is 17.5 Å². The third kappa shape index (κ3) is 4.79. The monoisotopic (exact) mass is 303 g/mol. The van der Waals surface area contributed by atoms with Gasteiger partial charge < -0.3 is 0 Å². The van der Waals surface area contributed by atoms with E-state index in [1.54, 1.807) is 6.92 Å². The minimum absolute atomic E-state index is 0.0301. The largest absolute Gasteiger partial charge is 0.215 e. The number of hydrogen-bond acceptors (Lipinski definition) is 2. The average Bonchev–Trinajstić information content (AvgIpc) is 2.30. The molecule has 0 saturated carbocycles. The van der Waals surface area contributed by atoms with E-state index < -0.39 is 10.0 Å². The van der Waals surface area contributed by atoms with Crippen molar-refractivity contribution in [1.29, 1.82) is 0 Å². The molecule has 19 heavy (non-hydrogen) atoms. The lowest BCUT2D eigenvalue weighted by Crippen LogP contribution is -2.34. The van der Waals surface area contributed by atoms with Crippen LogP contribution in [0.25, 0.3) is 0 Å². The Kier molecular flexibility index (Phi) is 5.42. The van der Waals surface area contributed by atoms with Gasteiger partial charge in [0.1, 0.15) is 0 Å². The molecule has 0 aliphatic rings. The molecule has 0 radical (unpaired) electrons. The second kappa shape index (κ2) is 6.25. The van der Waals surface area contributed by atoms with Gasteiger partial charge in [0.2, 0.25) is 10.0 Å². The summed E-state index contributed by atoms with van der Waals surface area (Å²) >= 11 is 6.23. The van der Waals surface area contributed by atoms with Crippen LogP contribution >= 0.6 is 11.6 Å². The second-order valence-corrected chi connectivity index (χ2v) is 8.19. The summed E-state index contributed by atoms with van der Waals surface area (Å²) in [6.45, 7) is 8.25. The molecule has 3 nitrogen and oxygen atoms in total. The topological polar surface area (TPSA) is 46.2 Å². The molecule has 0 aliphatic carbocycles. The molecule has 0 amide bonds. The van der Waals surface area contributed by atoms with Gasteiger partial charge in [-0.3, -0.25) is 0 Å². The molecule has 0 aliphatic heterocycles. The summed E-state index contributed by atoms with van der Waals surface area (Å²) in [6, 6.07) is 7.60. The molecule has 5 heteroatoms. The van der Waals surface area contributed by atoms with Crippen LogP contribution in [0.5, 0.6) is 0 Å². The smallest absolute Gasteiger partial charge is 0.211 e. The summed E-state index contributed by atoms with van der Waals surface area (Å²) in [7, 11) is -3.19. The molecule has 1 N–H and O–H groups in total. The van der Waals surface area contributed by atoms with Crippen molar-refractivity contribution in [1.82, 2.24) is 4.72 Å². The molecule has 0 heterocycles. The zero-order chi connectivity index (χ0) is 14.7. The van der Waals surface area contributed by atoms with E-state index in [9.17, 15) is 8.42 Å². The maximum Gasteiger partial charge on any atom is 0.211 e. The fraction of sp³-hybridized carbons (Fsp3) is 0.571. The predicted molar refractivity (Wildman–Crippen MR) is 81.1 cm³/mol. The molecular weight excluding hydrogens is 282 g/mol. The number of nitrogens with one attached hydrogen (secondary N) is 1. The van der Waals surface area contributed by atoms with Crippen LogP contribution in [0.4, 0.5) is 0 Å². The van der Waals surface area contributed by atoms with Crippen molar-refractivity contribution >= 4 is 21.6 Å². The summed E-state index contributed by atoms with van der Waals surface area (Å²) < 4.78 is 25.9. The van der Waals surface area contributed by atoms with Crippen molar-refractivity contribution in [2.75, 3.05) is 12.3 Å². The van der Waals surface area contributed by atoms with Crippen LogP contribution in [0, 0.1) is 5.41 Å². The quantitative estimate of drug-likeness (QED) is 0.906. The van der Waals surface area contributed by atoms with E-state index in [1.807, 2.05) is 24.3 Å². The Labute approximate surface area is 121 Å². The van der Waals surface area contributed by atoms with Crippen LogP contribution in [-0.2, 0) is 10.0 Å². The van der Waals surface area contributed by atoms with Gasteiger partial charge in [-0.1, -0.05) is 50.6 Å². The first-order valence-electron chi connectivity index (χ1n) is 6.39. The highest BCUT2D eigenvalue weighted by Crippen LogP contribution is 2.37. The third-order valence-electron chi connectivity index (χ3n) is 3.21. The van der Waals surface area contributed by atoms with Crippen molar-refractivity contribution < 1.29 is 8.42 Å². The number of rotatable bonds is 5. The summed E-state index contributed by atoms with van der Waals surface area (Å²) in [5.74, 6) is 0.120. The van der Waals surface area contributed by atoms with Crippen LogP contribution in [0.3, 0.4) is 0 Å². The van der Waals surface area contributed by atoms with Crippen LogP contribution in [0.1, 0.15) is 39.2 Å². The number of hydrogen-bond donors (Lipinski definition) is 1. The molecular formula is C14H22ClNO2S. The van der Waals surface area contributed by atoms with Crippen LogP contribution in [-0.4, -0.2) is 20.7 Å². The van der Waals surface area contributed by atoms with Gasteiger partial charge in [-0.05, 0) is 24.0 Å². The first-order chi connectivity index (χ1) is 8.67. The summed E-state index contributed by atoms with van der Waals surface area (Å²) in [6.07, 6.45) is 0. The van der Waals surface area contributed by atoms with Gasteiger partial charge in [0.25, 0.3) is 0 Å². The molecule has 1 aromatic rings. The normalized spacial score (nSPS) is 14.4.